The molecular weight excluding hydrogens is 330 g/mol. The number of fused-ring (bicyclic) bond motifs is 5. The molecule has 0 atom stereocenters. The van der Waals surface area contributed by atoms with Gasteiger partial charge in [-0.05, 0) is 41.8 Å². The highest BCUT2D eigenvalue weighted by Crippen LogP contribution is 2.38. The molecule has 0 amide bonds. The molecule has 2 heteroatoms. The zero-order valence-electron chi connectivity index (χ0n) is 15.1. The summed E-state index contributed by atoms with van der Waals surface area (Å²) >= 11 is 0. The summed E-state index contributed by atoms with van der Waals surface area (Å²) in [6, 6.07) is 21.0. The lowest BCUT2D eigenvalue weighted by molar-refractivity contribution is 0.673. The fourth-order valence-corrected chi connectivity index (χ4v) is 3.83. The summed E-state index contributed by atoms with van der Waals surface area (Å²) in [7, 11) is 0. The summed E-state index contributed by atoms with van der Waals surface area (Å²) in [6.45, 7) is 5.97. The van der Waals surface area contributed by atoms with E-state index in [4.69, 9.17) is 4.42 Å². The smallest absolute Gasteiger partial charge is 0.160 e. The summed E-state index contributed by atoms with van der Waals surface area (Å²) in [5.41, 5.74) is 8.58. The molecule has 0 fully saturated rings. The van der Waals surface area contributed by atoms with Crippen LogP contribution in [0.2, 0.25) is 0 Å². The van der Waals surface area contributed by atoms with Crippen LogP contribution < -0.4 is 0 Å². The van der Waals surface area contributed by atoms with Crippen molar-refractivity contribution in [2.75, 3.05) is 0 Å². The van der Waals surface area contributed by atoms with E-state index in [1.807, 2.05) is 19.1 Å². The average molecular weight is 349 g/mol. The molecule has 2 nitrogen and oxygen atoms in total. The lowest BCUT2D eigenvalue weighted by Crippen LogP contribution is -1.83. The van der Waals surface area contributed by atoms with Crippen LogP contribution in [0.25, 0.3) is 56.3 Å². The van der Waals surface area contributed by atoms with E-state index in [1.54, 1.807) is 0 Å². The van der Waals surface area contributed by atoms with E-state index in [-0.39, 0.29) is 0 Å². The van der Waals surface area contributed by atoms with Crippen molar-refractivity contribution in [2.45, 2.75) is 6.92 Å². The molecule has 1 N–H and O–H groups in total. The number of allylic oxidation sites excluding steroid dienone is 1. The second kappa shape index (κ2) is 6.03. The molecule has 2 aromatic heterocycles. The van der Waals surface area contributed by atoms with E-state index in [1.165, 1.54) is 11.1 Å². The van der Waals surface area contributed by atoms with Crippen molar-refractivity contribution in [3.63, 3.8) is 0 Å². The van der Waals surface area contributed by atoms with Gasteiger partial charge in [-0.25, -0.2) is 0 Å². The van der Waals surface area contributed by atoms with E-state index < -0.39 is 0 Å². The van der Waals surface area contributed by atoms with E-state index in [2.05, 4.69) is 78.3 Å². The van der Waals surface area contributed by atoms with E-state index in [0.29, 0.717) is 0 Å². The maximum atomic E-state index is 6.22. The third kappa shape index (κ3) is 2.34. The van der Waals surface area contributed by atoms with Crippen LogP contribution in [0.1, 0.15) is 18.1 Å². The van der Waals surface area contributed by atoms with Crippen molar-refractivity contribution in [3.8, 4) is 11.1 Å². The van der Waals surface area contributed by atoms with Crippen molar-refractivity contribution in [1.29, 1.82) is 0 Å². The van der Waals surface area contributed by atoms with Gasteiger partial charge < -0.3 is 9.40 Å². The molecule has 2 heterocycles. The lowest BCUT2D eigenvalue weighted by atomic mass is 10.0. The number of H-pyrrole nitrogens is 1. The highest BCUT2D eigenvalue weighted by atomic mass is 16.3. The van der Waals surface area contributed by atoms with Crippen LogP contribution in [-0.2, 0) is 0 Å². The Morgan fingerprint density at radius 1 is 0.889 bits per heavy atom. The monoisotopic (exact) mass is 349 g/mol. The standard InChI is InChI=1S/C25H19NO/c1-3-8-19-16(4-2)11-13-20-23(19)26-24-21-15-18(17-9-6-5-7-10-17)12-14-22(21)27-25(20)24/h3-15,26H,2H2,1H3/b8-3-. The van der Waals surface area contributed by atoms with Gasteiger partial charge in [-0.2, -0.15) is 0 Å². The highest BCUT2D eigenvalue weighted by Gasteiger charge is 2.16. The molecule has 130 valence electrons. The van der Waals surface area contributed by atoms with Crippen LogP contribution >= 0.6 is 0 Å². The molecule has 0 bridgehead atoms. The number of rotatable bonds is 3. The van der Waals surface area contributed by atoms with Crippen LogP contribution in [0.5, 0.6) is 0 Å². The van der Waals surface area contributed by atoms with E-state index in [9.17, 15) is 0 Å². The predicted molar refractivity (Wildman–Crippen MR) is 116 cm³/mol. The SMILES string of the molecule is C=Cc1ccc2c([nH]c3c4cc(-c5ccccc5)ccc4oc23)c1/C=C\C. The Morgan fingerprint density at radius 2 is 1.74 bits per heavy atom. The second-order valence-corrected chi connectivity index (χ2v) is 6.70. The zero-order valence-corrected chi connectivity index (χ0v) is 15.1. The van der Waals surface area contributed by atoms with Gasteiger partial charge in [-0.1, -0.05) is 67.3 Å². The minimum atomic E-state index is 0.901. The van der Waals surface area contributed by atoms with Crippen LogP contribution in [0, 0.1) is 0 Å². The van der Waals surface area contributed by atoms with Crippen molar-refractivity contribution in [1.82, 2.24) is 4.98 Å². The molecule has 0 spiro atoms. The lowest BCUT2D eigenvalue weighted by Gasteiger charge is -2.03. The van der Waals surface area contributed by atoms with Gasteiger partial charge in [0.05, 0.1) is 11.0 Å². The number of hydrogen-bond donors (Lipinski definition) is 1. The maximum absolute atomic E-state index is 6.22. The third-order valence-electron chi connectivity index (χ3n) is 5.12. The summed E-state index contributed by atoms with van der Waals surface area (Å²) in [5, 5.41) is 2.20. The topological polar surface area (TPSA) is 28.9 Å². The fraction of sp³-hybridized carbons (Fsp3) is 0.0400. The molecule has 0 radical (unpaired) electrons. The minimum Gasteiger partial charge on any atom is -0.454 e. The quantitative estimate of drug-likeness (QED) is 0.361. The molecule has 5 rings (SSSR count). The van der Waals surface area contributed by atoms with Gasteiger partial charge in [0.2, 0.25) is 0 Å². The Hall–Kier alpha value is -3.52. The van der Waals surface area contributed by atoms with Crippen molar-refractivity contribution < 1.29 is 4.42 Å². The largest absolute Gasteiger partial charge is 0.454 e. The average Bonchev–Trinajstić information content (AvgIpc) is 3.25. The minimum absolute atomic E-state index is 0.901. The third-order valence-corrected chi connectivity index (χ3v) is 5.12. The first-order chi connectivity index (χ1) is 13.3. The zero-order chi connectivity index (χ0) is 18.4. The van der Waals surface area contributed by atoms with Gasteiger partial charge in [0.1, 0.15) is 5.58 Å². The Morgan fingerprint density at radius 3 is 2.52 bits per heavy atom. The molecule has 3 aromatic carbocycles. The van der Waals surface area contributed by atoms with Crippen molar-refractivity contribution in [2.24, 2.45) is 0 Å². The maximum Gasteiger partial charge on any atom is 0.160 e. The summed E-state index contributed by atoms with van der Waals surface area (Å²) in [5.74, 6) is 0. The Bertz CT molecular complexity index is 1330. The molecule has 0 aliphatic rings. The van der Waals surface area contributed by atoms with Crippen LogP contribution in [0.3, 0.4) is 0 Å². The number of aromatic nitrogens is 1. The Kier molecular flexibility index (Phi) is 3.51. The summed E-state index contributed by atoms with van der Waals surface area (Å²) < 4.78 is 6.22. The number of benzene rings is 3. The normalized spacial score (nSPS) is 11.9. The number of hydrogen-bond acceptors (Lipinski definition) is 1. The second-order valence-electron chi connectivity index (χ2n) is 6.70. The van der Waals surface area contributed by atoms with E-state index in [0.717, 1.165) is 44.1 Å². The van der Waals surface area contributed by atoms with Crippen LogP contribution in [-0.4, -0.2) is 4.98 Å². The number of furan rings is 1. The van der Waals surface area contributed by atoms with Gasteiger partial charge in [-0.15, -0.1) is 0 Å². The fourth-order valence-electron chi connectivity index (χ4n) is 3.83. The van der Waals surface area contributed by atoms with Crippen LogP contribution in [0.15, 0.2) is 77.7 Å². The summed E-state index contributed by atoms with van der Waals surface area (Å²) in [6.07, 6.45) is 6.06. The van der Waals surface area contributed by atoms with Crippen LogP contribution in [0.4, 0.5) is 0 Å². The Labute approximate surface area is 157 Å². The number of nitrogens with one attached hydrogen (secondary N) is 1. The van der Waals surface area contributed by atoms with Gasteiger partial charge in [-0.3, -0.25) is 0 Å². The summed E-state index contributed by atoms with van der Waals surface area (Å²) in [4.78, 5) is 3.62. The Balaban J connectivity index is 1.83. The molecular formula is C25H19NO. The first-order valence-electron chi connectivity index (χ1n) is 9.11. The first-order valence-corrected chi connectivity index (χ1v) is 9.11. The predicted octanol–water partition coefficient (Wildman–Crippen LogP) is 7.41. The molecule has 0 unspecified atom stereocenters. The molecule has 27 heavy (non-hydrogen) atoms. The molecule has 5 aromatic rings. The molecule has 0 saturated carbocycles. The molecule has 0 aliphatic carbocycles. The van der Waals surface area contributed by atoms with Crippen molar-refractivity contribution >= 4 is 45.1 Å². The van der Waals surface area contributed by atoms with E-state index >= 15 is 0 Å². The number of aromatic amines is 1. The highest BCUT2D eigenvalue weighted by molar-refractivity contribution is 6.17. The van der Waals surface area contributed by atoms with Gasteiger partial charge >= 0.3 is 0 Å². The first kappa shape index (κ1) is 15.7. The van der Waals surface area contributed by atoms with Crippen molar-refractivity contribution in [3.05, 3.63) is 84.4 Å². The van der Waals surface area contributed by atoms with Gasteiger partial charge in [0.15, 0.2) is 5.58 Å². The molecule has 0 aliphatic heterocycles. The molecule has 0 saturated heterocycles. The van der Waals surface area contributed by atoms with Gasteiger partial charge in [0, 0.05) is 16.3 Å². The van der Waals surface area contributed by atoms with Gasteiger partial charge in [0.25, 0.3) is 0 Å².